The van der Waals surface area contributed by atoms with E-state index < -0.39 is 10.0 Å². The molecule has 1 saturated heterocycles. The number of nitrogens with one attached hydrogen (secondary N) is 1. The Balaban J connectivity index is 1.77. The van der Waals surface area contributed by atoms with Crippen LogP contribution in [0, 0.1) is 0 Å². The van der Waals surface area contributed by atoms with Crippen LogP contribution in [0.2, 0.25) is 0 Å². The lowest BCUT2D eigenvalue weighted by molar-refractivity contribution is 0.0753. The third-order valence-electron chi connectivity index (χ3n) is 3.80. The largest absolute Gasteiger partial charge is 0.335 e. The second kappa shape index (κ2) is 5.69. The van der Waals surface area contributed by atoms with Crippen LogP contribution in [0.5, 0.6) is 0 Å². The fourth-order valence-electron chi connectivity index (χ4n) is 2.63. The first kappa shape index (κ1) is 15.0. The van der Waals surface area contributed by atoms with E-state index in [4.69, 9.17) is 0 Å². The van der Waals surface area contributed by atoms with Crippen molar-refractivity contribution >= 4 is 27.0 Å². The maximum absolute atomic E-state index is 12.5. The number of nitrogens with zero attached hydrogens (tertiary/aromatic N) is 3. The molecule has 1 aliphatic rings. The molecule has 2 aromatic rings. The summed E-state index contributed by atoms with van der Waals surface area (Å²) in [5, 5.41) is 0. The molecular weight excluding hydrogens is 304 g/mol. The summed E-state index contributed by atoms with van der Waals surface area (Å²) < 4.78 is 24.6. The highest BCUT2D eigenvalue weighted by Crippen LogP contribution is 2.14. The number of hydrogen-bond donors (Lipinski definition) is 1. The van der Waals surface area contributed by atoms with Crippen molar-refractivity contribution in [2.45, 2.75) is 6.42 Å². The van der Waals surface area contributed by atoms with Crippen molar-refractivity contribution < 1.29 is 13.2 Å². The van der Waals surface area contributed by atoms with Crippen LogP contribution in [-0.4, -0.2) is 65.9 Å². The number of fused-ring (bicyclic) bond motifs is 1. The van der Waals surface area contributed by atoms with Crippen LogP contribution in [0.4, 0.5) is 0 Å². The summed E-state index contributed by atoms with van der Waals surface area (Å²) in [6, 6.07) is 7.46. The highest BCUT2D eigenvalue weighted by molar-refractivity contribution is 7.88. The first-order valence-corrected chi connectivity index (χ1v) is 8.99. The summed E-state index contributed by atoms with van der Waals surface area (Å²) >= 11 is 0. The van der Waals surface area contributed by atoms with E-state index in [1.165, 1.54) is 10.6 Å². The zero-order valence-electron chi connectivity index (χ0n) is 12.3. The SMILES string of the molecule is CS(=O)(=O)N1CCCN(C(=O)c2nc3ccccc3[nH]2)CC1. The van der Waals surface area contributed by atoms with E-state index in [1.807, 2.05) is 24.3 Å². The lowest BCUT2D eigenvalue weighted by atomic mass is 10.3. The molecule has 8 heteroatoms. The van der Waals surface area contributed by atoms with Crippen molar-refractivity contribution in [1.82, 2.24) is 19.2 Å². The van der Waals surface area contributed by atoms with Gasteiger partial charge in [-0.05, 0) is 18.6 Å². The molecule has 0 saturated carbocycles. The van der Waals surface area contributed by atoms with Crippen molar-refractivity contribution in [3.63, 3.8) is 0 Å². The van der Waals surface area contributed by atoms with Gasteiger partial charge in [-0.1, -0.05) is 12.1 Å². The van der Waals surface area contributed by atoms with Gasteiger partial charge in [-0.25, -0.2) is 17.7 Å². The summed E-state index contributed by atoms with van der Waals surface area (Å²) in [6.07, 6.45) is 1.82. The van der Waals surface area contributed by atoms with Gasteiger partial charge in [0.1, 0.15) is 0 Å². The zero-order valence-corrected chi connectivity index (χ0v) is 13.1. The highest BCUT2D eigenvalue weighted by Gasteiger charge is 2.25. The summed E-state index contributed by atoms with van der Waals surface area (Å²) in [5.74, 6) is 0.112. The van der Waals surface area contributed by atoms with E-state index in [1.54, 1.807) is 4.90 Å². The van der Waals surface area contributed by atoms with E-state index in [0.29, 0.717) is 38.4 Å². The van der Waals surface area contributed by atoms with Crippen LogP contribution in [-0.2, 0) is 10.0 Å². The first-order valence-electron chi connectivity index (χ1n) is 7.14. The Bertz CT molecular complexity index is 766. The third kappa shape index (κ3) is 2.97. The van der Waals surface area contributed by atoms with Gasteiger partial charge in [-0.15, -0.1) is 0 Å². The van der Waals surface area contributed by atoms with Crippen molar-refractivity contribution in [2.24, 2.45) is 0 Å². The summed E-state index contributed by atoms with van der Waals surface area (Å²) in [5.41, 5.74) is 1.57. The van der Waals surface area contributed by atoms with E-state index in [2.05, 4.69) is 9.97 Å². The Kier molecular flexibility index (Phi) is 3.88. The van der Waals surface area contributed by atoms with Gasteiger partial charge >= 0.3 is 0 Å². The van der Waals surface area contributed by atoms with E-state index in [9.17, 15) is 13.2 Å². The molecular formula is C14H18N4O3S. The maximum atomic E-state index is 12.5. The molecule has 2 heterocycles. The summed E-state index contributed by atoms with van der Waals surface area (Å²) in [6.45, 7) is 1.68. The number of para-hydroxylation sites is 2. The Morgan fingerprint density at radius 1 is 1.18 bits per heavy atom. The third-order valence-corrected chi connectivity index (χ3v) is 5.11. The normalized spacial score (nSPS) is 17.6. The number of benzene rings is 1. The molecule has 1 N–H and O–H groups in total. The minimum absolute atomic E-state index is 0.188. The Morgan fingerprint density at radius 3 is 2.68 bits per heavy atom. The number of carbonyl (C=O) groups is 1. The molecule has 0 radical (unpaired) electrons. The monoisotopic (exact) mass is 322 g/mol. The van der Waals surface area contributed by atoms with Gasteiger partial charge < -0.3 is 9.88 Å². The Labute approximate surface area is 129 Å². The number of sulfonamides is 1. The second-order valence-corrected chi connectivity index (χ2v) is 7.39. The number of aromatic nitrogens is 2. The topological polar surface area (TPSA) is 86.4 Å². The Morgan fingerprint density at radius 2 is 1.95 bits per heavy atom. The molecule has 0 atom stereocenters. The minimum atomic E-state index is -3.21. The average Bonchev–Trinajstić information content (AvgIpc) is 2.73. The van der Waals surface area contributed by atoms with Gasteiger partial charge in [0.05, 0.1) is 17.3 Å². The quantitative estimate of drug-likeness (QED) is 0.880. The lowest BCUT2D eigenvalue weighted by Crippen LogP contribution is -2.37. The van der Waals surface area contributed by atoms with Crippen LogP contribution in [0.1, 0.15) is 17.0 Å². The molecule has 0 spiro atoms. The molecule has 1 amide bonds. The fourth-order valence-corrected chi connectivity index (χ4v) is 3.51. The molecule has 118 valence electrons. The first-order chi connectivity index (χ1) is 10.4. The molecule has 0 aliphatic carbocycles. The maximum Gasteiger partial charge on any atom is 0.289 e. The molecule has 1 aromatic carbocycles. The molecule has 1 aromatic heterocycles. The number of imidazole rings is 1. The molecule has 1 fully saturated rings. The predicted molar refractivity (Wildman–Crippen MR) is 83.0 cm³/mol. The van der Waals surface area contributed by atoms with Crippen LogP contribution in [0.25, 0.3) is 11.0 Å². The molecule has 0 unspecified atom stereocenters. The van der Waals surface area contributed by atoms with Gasteiger partial charge in [0, 0.05) is 26.2 Å². The molecule has 7 nitrogen and oxygen atoms in total. The molecule has 22 heavy (non-hydrogen) atoms. The van der Waals surface area contributed by atoms with Gasteiger partial charge in [-0.3, -0.25) is 4.79 Å². The molecule has 3 rings (SSSR count). The van der Waals surface area contributed by atoms with E-state index >= 15 is 0 Å². The molecule has 0 bridgehead atoms. The lowest BCUT2D eigenvalue weighted by Gasteiger charge is -2.19. The zero-order chi connectivity index (χ0) is 15.7. The van der Waals surface area contributed by atoms with Crippen molar-refractivity contribution in [2.75, 3.05) is 32.4 Å². The van der Waals surface area contributed by atoms with Crippen LogP contribution >= 0.6 is 0 Å². The highest BCUT2D eigenvalue weighted by atomic mass is 32.2. The number of carbonyl (C=O) groups excluding carboxylic acids is 1. The minimum Gasteiger partial charge on any atom is -0.335 e. The van der Waals surface area contributed by atoms with Gasteiger partial charge in [0.2, 0.25) is 10.0 Å². The van der Waals surface area contributed by atoms with Crippen LogP contribution < -0.4 is 0 Å². The van der Waals surface area contributed by atoms with Crippen molar-refractivity contribution in [3.05, 3.63) is 30.1 Å². The van der Waals surface area contributed by atoms with E-state index in [0.717, 1.165) is 11.0 Å². The van der Waals surface area contributed by atoms with Crippen molar-refractivity contribution in [1.29, 1.82) is 0 Å². The van der Waals surface area contributed by atoms with Gasteiger partial charge in [0.15, 0.2) is 5.82 Å². The number of aromatic amines is 1. The average molecular weight is 322 g/mol. The van der Waals surface area contributed by atoms with Crippen LogP contribution in [0.15, 0.2) is 24.3 Å². The van der Waals surface area contributed by atoms with Crippen LogP contribution in [0.3, 0.4) is 0 Å². The van der Waals surface area contributed by atoms with Gasteiger partial charge in [0.25, 0.3) is 5.91 Å². The second-order valence-electron chi connectivity index (χ2n) is 5.41. The molecule has 1 aliphatic heterocycles. The number of H-pyrrole nitrogens is 1. The van der Waals surface area contributed by atoms with E-state index in [-0.39, 0.29) is 5.91 Å². The number of amides is 1. The fraction of sp³-hybridized carbons (Fsp3) is 0.429. The predicted octanol–water partition coefficient (Wildman–Crippen LogP) is 0.670. The summed E-state index contributed by atoms with van der Waals surface area (Å²) in [7, 11) is -3.21. The Hall–Kier alpha value is -1.93. The number of rotatable bonds is 2. The van der Waals surface area contributed by atoms with Crippen molar-refractivity contribution in [3.8, 4) is 0 Å². The number of hydrogen-bond acceptors (Lipinski definition) is 4. The van der Waals surface area contributed by atoms with Gasteiger partial charge in [-0.2, -0.15) is 0 Å². The standard InChI is InChI=1S/C14H18N4O3S/c1-22(20,21)18-8-4-7-17(9-10-18)14(19)13-15-11-5-2-3-6-12(11)16-13/h2-3,5-6H,4,7-10H2,1H3,(H,15,16). The summed E-state index contributed by atoms with van der Waals surface area (Å²) in [4.78, 5) is 21.5. The smallest absolute Gasteiger partial charge is 0.289 e.